The van der Waals surface area contributed by atoms with E-state index < -0.39 is 0 Å². The molecule has 1 atom stereocenters. The van der Waals surface area contributed by atoms with Crippen molar-refractivity contribution in [1.29, 1.82) is 0 Å². The van der Waals surface area contributed by atoms with Gasteiger partial charge in [0.25, 0.3) is 0 Å². The van der Waals surface area contributed by atoms with Crippen molar-refractivity contribution in [3.8, 4) is 11.1 Å². The number of rotatable bonds is 15. The van der Waals surface area contributed by atoms with E-state index in [1.54, 1.807) is 0 Å². The van der Waals surface area contributed by atoms with Crippen LogP contribution in [0.15, 0.2) is 88.7 Å². The smallest absolute Gasteiger partial charge is 0.319 e. The number of hydrogen-bond donors (Lipinski definition) is 0. The number of carbonyl (C=O) groups is 1. The van der Waals surface area contributed by atoms with Crippen LogP contribution in [0.2, 0.25) is 0 Å². The highest BCUT2D eigenvalue weighted by atomic mass is 32.2. The SMILES string of the molecule is CCCCCCCCCSc1ccc(-c2ccc(S[C@H](C)C(=O)OCc3ccccc3)cc2)cc1. The molecule has 0 radical (unpaired) electrons. The first-order valence-electron chi connectivity index (χ1n) is 12.9. The average molecular weight is 507 g/mol. The lowest BCUT2D eigenvalue weighted by molar-refractivity contribution is -0.143. The second-order valence-electron chi connectivity index (χ2n) is 8.87. The van der Waals surface area contributed by atoms with Crippen LogP contribution in [0, 0.1) is 0 Å². The summed E-state index contributed by atoms with van der Waals surface area (Å²) in [6, 6.07) is 27.1. The first-order valence-corrected chi connectivity index (χ1v) is 14.7. The number of hydrogen-bond acceptors (Lipinski definition) is 4. The van der Waals surface area contributed by atoms with E-state index in [1.807, 2.05) is 49.0 Å². The molecule has 4 heteroatoms. The minimum atomic E-state index is -0.253. The molecule has 35 heavy (non-hydrogen) atoms. The molecule has 0 spiro atoms. The van der Waals surface area contributed by atoms with Gasteiger partial charge in [-0.3, -0.25) is 4.79 Å². The van der Waals surface area contributed by atoms with Crippen LogP contribution in [-0.2, 0) is 16.1 Å². The van der Waals surface area contributed by atoms with Crippen LogP contribution in [0.3, 0.4) is 0 Å². The van der Waals surface area contributed by atoms with E-state index in [-0.39, 0.29) is 11.2 Å². The molecule has 2 nitrogen and oxygen atoms in total. The number of ether oxygens (including phenoxy) is 1. The van der Waals surface area contributed by atoms with Gasteiger partial charge in [-0.1, -0.05) is 100 Å². The molecule has 0 fully saturated rings. The molecule has 0 bridgehead atoms. The van der Waals surface area contributed by atoms with E-state index in [0.29, 0.717) is 6.61 Å². The van der Waals surface area contributed by atoms with Gasteiger partial charge in [-0.05, 0) is 60.1 Å². The summed E-state index contributed by atoms with van der Waals surface area (Å²) >= 11 is 3.49. The molecule has 3 aromatic carbocycles. The van der Waals surface area contributed by atoms with Crippen LogP contribution >= 0.6 is 23.5 Å². The van der Waals surface area contributed by atoms with Crippen molar-refractivity contribution < 1.29 is 9.53 Å². The molecule has 0 heterocycles. The maximum atomic E-state index is 12.4. The summed E-state index contributed by atoms with van der Waals surface area (Å²) in [7, 11) is 0. The maximum Gasteiger partial charge on any atom is 0.319 e. The monoisotopic (exact) mass is 506 g/mol. The Labute approximate surface area is 220 Å². The summed E-state index contributed by atoms with van der Waals surface area (Å²) in [5, 5.41) is -0.253. The summed E-state index contributed by atoms with van der Waals surface area (Å²) in [4.78, 5) is 14.8. The number of carbonyl (C=O) groups excluding carboxylic acids is 1. The number of unbranched alkanes of at least 4 members (excludes halogenated alkanes) is 6. The fourth-order valence-corrected chi connectivity index (χ4v) is 5.60. The number of benzene rings is 3. The molecule has 186 valence electrons. The lowest BCUT2D eigenvalue weighted by atomic mass is 10.1. The molecular formula is C31H38O2S2. The normalized spacial score (nSPS) is 11.8. The quantitative estimate of drug-likeness (QED) is 0.116. The minimum Gasteiger partial charge on any atom is -0.460 e. The van der Waals surface area contributed by atoms with E-state index in [9.17, 15) is 4.79 Å². The van der Waals surface area contributed by atoms with Crippen molar-refractivity contribution in [3.63, 3.8) is 0 Å². The zero-order valence-electron chi connectivity index (χ0n) is 21.1. The zero-order chi connectivity index (χ0) is 24.7. The third kappa shape index (κ3) is 10.1. The van der Waals surface area contributed by atoms with Gasteiger partial charge >= 0.3 is 5.97 Å². The van der Waals surface area contributed by atoms with Crippen LogP contribution in [-0.4, -0.2) is 17.0 Å². The van der Waals surface area contributed by atoms with E-state index in [0.717, 1.165) is 10.5 Å². The molecule has 0 saturated heterocycles. The zero-order valence-corrected chi connectivity index (χ0v) is 22.7. The third-order valence-corrected chi connectivity index (χ3v) is 8.12. The molecule has 3 rings (SSSR count). The standard InChI is InChI=1S/C31H38O2S2/c1-3-4-5-6-7-8-12-23-34-29-19-15-27(16-20-29)28-17-21-30(22-18-28)35-25(2)31(32)33-24-26-13-10-9-11-14-26/h9-11,13-22,25H,3-8,12,23-24H2,1-2H3/t25-/m1/s1. The Balaban J connectivity index is 1.39. The molecule has 0 aliphatic heterocycles. The molecule has 0 N–H and O–H groups in total. The Morgan fingerprint density at radius 2 is 1.31 bits per heavy atom. The summed E-state index contributed by atoms with van der Waals surface area (Å²) in [5.74, 6) is 1.01. The van der Waals surface area contributed by atoms with Crippen molar-refractivity contribution >= 4 is 29.5 Å². The van der Waals surface area contributed by atoms with Gasteiger partial charge < -0.3 is 4.74 Å². The van der Waals surface area contributed by atoms with Gasteiger partial charge in [0.05, 0.1) is 0 Å². The van der Waals surface area contributed by atoms with E-state index >= 15 is 0 Å². The molecular weight excluding hydrogens is 468 g/mol. The first kappa shape index (κ1) is 27.4. The van der Waals surface area contributed by atoms with Gasteiger partial charge in [0, 0.05) is 9.79 Å². The fourth-order valence-electron chi connectivity index (χ4n) is 3.82. The topological polar surface area (TPSA) is 26.3 Å². The predicted molar refractivity (Wildman–Crippen MR) is 152 cm³/mol. The highest BCUT2D eigenvalue weighted by molar-refractivity contribution is 8.00. The molecule has 3 aromatic rings. The predicted octanol–water partition coefficient (Wildman–Crippen LogP) is 9.42. The van der Waals surface area contributed by atoms with Crippen LogP contribution < -0.4 is 0 Å². The van der Waals surface area contributed by atoms with Crippen molar-refractivity contribution in [1.82, 2.24) is 0 Å². The molecule has 0 saturated carbocycles. The van der Waals surface area contributed by atoms with Crippen LogP contribution in [0.25, 0.3) is 11.1 Å². The Bertz CT molecular complexity index is 985. The first-order chi connectivity index (χ1) is 17.2. The van der Waals surface area contributed by atoms with Crippen molar-refractivity contribution in [3.05, 3.63) is 84.4 Å². The van der Waals surface area contributed by atoms with Crippen molar-refractivity contribution in [2.24, 2.45) is 0 Å². The summed E-state index contributed by atoms with van der Waals surface area (Å²) in [6.45, 7) is 4.48. The largest absolute Gasteiger partial charge is 0.460 e. The fraction of sp³-hybridized carbons (Fsp3) is 0.387. The highest BCUT2D eigenvalue weighted by Gasteiger charge is 2.16. The van der Waals surface area contributed by atoms with Gasteiger partial charge in [0.1, 0.15) is 11.9 Å². The van der Waals surface area contributed by atoms with E-state index in [2.05, 4.69) is 55.5 Å². The summed E-state index contributed by atoms with van der Waals surface area (Å²) in [6.07, 6.45) is 9.51. The lowest BCUT2D eigenvalue weighted by Crippen LogP contribution is -2.16. The Kier molecular flexibility index (Phi) is 12.3. The van der Waals surface area contributed by atoms with Gasteiger partial charge in [0.2, 0.25) is 0 Å². The Hall–Kier alpha value is -2.17. The van der Waals surface area contributed by atoms with Crippen LogP contribution in [0.5, 0.6) is 0 Å². The van der Waals surface area contributed by atoms with Gasteiger partial charge in [-0.25, -0.2) is 0 Å². The summed E-state index contributed by atoms with van der Waals surface area (Å²) in [5.41, 5.74) is 3.42. The highest BCUT2D eigenvalue weighted by Crippen LogP contribution is 2.29. The molecule has 0 aromatic heterocycles. The summed E-state index contributed by atoms with van der Waals surface area (Å²) < 4.78 is 5.47. The Morgan fingerprint density at radius 1 is 0.743 bits per heavy atom. The molecule has 0 unspecified atom stereocenters. The van der Waals surface area contributed by atoms with Crippen molar-refractivity contribution in [2.45, 2.75) is 80.4 Å². The van der Waals surface area contributed by atoms with Gasteiger partial charge in [-0.15, -0.1) is 23.5 Å². The second-order valence-corrected chi connectivity index (χ2v) is 11.5. The van der Waals surface area contributed by atoms with Crippen LogP contribution in [0.1, 0.15) is 64.4 Å². The number of esters is 1. The molecule has 0 aliphatic carbocycles. The number of thioether (sulfide) groups is 2. The third-order valence-electron chi connectivity index (χ3n) is 5.93. The maximum absolute atomic E-state index is 12.4. The molecule has 0 amide bonds. The van der Waals surface area contributed by atoms with E-state index in [1.165, 1.54) is 78.5 Å². The minimum absolute atomic E-state index is 0.187. The average Bonchev–Trinajstić information content (AvgIpc) is 2.90. The van der Waals surface area contributed by atoms with Crippen molar-refractivity contribution in [2.75, 3.05) is 5.75 Å². The van der Waals surface area contributed by atoms with Crippen LogP contribution in [0.4, 0.5) is 0 Å². The molecule has 0 aliphatic rings. The van der Waals surface area contributed by atoms with Gasteiger partial charge in [0.15, 0.2) is 0 Å². The van der Waals surface area contributed by atoms with Gasteiger partial charge in [-0.2, -0.15) is 0 Å². The lowest BCUT2D eigenvalue weighted by Gasteiger charge is -2.12. The van der Waals surface area contributed by atoms with E-state index in [4.69, 9.17) is 4.74 Å². The second kappa shape index (κ2) is 15.7. The Morgan fingerprint density at radius 3 is 1.94 bits per heavy atom.